The van der Waals surface area contributed by atoms with Gasteiger partial charge in [-0.3, -0.25) is 9.69 Å². The molecule has 1 saturated heterocycles. The zero-order chi connectivity index (χ0) is 19.0. The number of ether oxygens (including phenoxy) is 1. The summed E-state index contributed by atoms with van der Waals surface area (Å²) in [5, 5.41) is 4.31. The molecule has 2 N–H and O–H groups in total. The lowest BCUT2D eigenvalue weighted by Gasteiger charge is -2.35. The number of morpholine rings is 1. The quantitative estimate of drug-likeness (QED) is 0.871. The molecule has 146 valence electrons. The molecule has 2 aromatic rings. The molecule has 1 amide bonds. The van der Waals surface area contributed by atoms with Crippen molar-refractivity contribution in [3.63, 3.8) is 0 Å². The number of nitrogens with zero attached hydrogens (tertiary/aromatic N) is 1. The van der Waals surface area contributed by atoms with Crippen LogP contribution in [0.15, 0.2) is 18.2 Å². The van der Waals surface area contributed by atoms with Gasteiger partial charge in [-0.2, -0.15) is 0 Å². The van der Waals surface area contributed by atoms with Crippen LogP contribution >= 0.6 is 0 Å². The zero-order valence-electron chi connectivity index (χ0n) is 16.7. The van der Waals surface area contributed by atoms with E-state index in [1.165, 1.54) is 23.1 Å². The van der Waals surface area contributed by atoms with Crippen LogP contribution in [0.5, 0.6) is 0 Å². The molecule has 1 aromatic carbocycles. The van der Waals surface area contributed by atoms with Gasteiger partial charge in [-0.15, -0.1) is 0 Å². The van der Waals surface area contributed by atoms with Gasteiger partial charge in [-0.1, -0.05) is 6.92 Å². The standard InChI is InChI=1S/C22H31N3O2/c1-14-4-6-20-18(10-14)19-11-17(5-7-21(19)24-20)22(26)23-8-9-25-12-15(2)27-16(3)13-25/h5,7,11,14-16,24H,4,6,8-10,12-13H2,1-3H3,(H,23,26)/t14-,15+,16+/m1/s1. The second-order valence-corrected chi connectivity index (χ2v) is 8.46. The summed E-state index contributed by atoms with van der Waals surface area (Å²) in [4.78, 5) is 18.6. The van der Waals surface area contributed by atoms with Gasteiger partial charge in [0.15, 0.2) is 0 Å². The Morgan fingerprint density at radius 2 is 2.04 bits per heavy atom. The minimum atomic E-state index is 0.0186. The lowest BCUT2D eigenvalue weighted by atomic mass is 9.87. The van der Waals surface area contributed by atoms with Crippen molar-refractivity contribution in [2.75, 3.05) is 26.2 Å². The third-order valence-corrected chi connectivity index (χ3v) is 5.91. The second kappa shape index (κ2) is 7.64. The maximum Gasteiger partial charge on any atom is 0.251 e. The van der Waals surface area contributed by atoms with E-state index in [1.807, 2.05) is 6.07 Å². The molecule has 2 aliphatic rings. The van der Waals surface area contributed by atoms with Crippen LogP contribution in [0.25, 0.3) is 10.9 Å². The fraction of sp³-hybridized carbons (Fsp3) is 0.591. The van der Waals surface area contributed by atoms with Crippen LogP contribution in [0.3, 0.4) is 0 Å². The highest BCUT2D eigenvalue weighted by Crippen LogP contribution is 2.32. The molecule has 1 aliphatic carbocycles. The maximum absolute atomic E-state index is 12.6. The molecule has 0 unspecified atom stereocenters. The average Bonchev–Trinajstić information content (AvgIpc) is 2.98. The third-order valence-electron chi connectivity index (χ3n) is 5.91. The largest absolute Gasteiger partial charge is 0.373 e. The highest BCUT2D eigenvalue weighted by molar-refractivity contribution is 5.99. The molecule has 1 aromatic heterocycles. The third kappa shape index (κ3) is 4.04. The Labute approximate surface area is 161 Å². The first-order valence-corrected chi connectivity index (χ1v) is 10.3. The Balaban J connectivity index is 1.40. The first-order chi connectivity index (χ1) is 13.0. The Morgan fingerprint density at radius 3 is 2.81 bits per heavy atom. The van der Waals surface area contributed by atoms with Gasteiger partial charge in [0.05, 0.1) is 12.2 Å². The first-order valence-electron chi connectivity index (χ1n) is 10.3. The molecule has 4 rings (SSSR count). The summed E-state index contributed by atoms with van der Waals surface area (Å²) in [6.07, 6.45) is 3.98. The Hall–Kier alpha value is -1.85. The number of aromatic nitrogens is 1. The van der Waals surface area contributed by atoms with Crippen LogP contribution in [0.2, 0.25) is 0 Å². The van der Waals surface area contributed by atoms with Crippen LogP contribution in [0.4, 0.5) is 0 Å². The van der Waals surface area contributed by atoms with Crippen LogP contribution in [-0.4, -0.2) is 54.2 Å². The number of benzene rings is 1. The molecule has 3 atom stereocenters. The van der Waals surface area contributed by atoms with Crippen molar-refractivity contribution in [1.29, 1.82) is 0 Å². The minimum Gasteiger partial charge on any atom is -0.373 e. The molecule has 27 heavy (non-hydrogen) atoms. The van der Waals surface area contributed by atoms with Crippen molar-refractivity contribution in [2.45, 2.75) is 52.2 Å². The van der Waals surface area contributed by atoms with E-state index < -0.39 is 0 Å². The van der Waals surface area contributed by atoms with Gasteiger partial charge in [0.25, 0.3) is 5.91 Å². The number of amides is 1. The van der Waals surface area contributed by atoms with Crippen molar-refractivity contribution in [3.05, 3.63) is 35.0 Å². The molecule has 1 aliphatic heterocycles. The van der Waals surface area contributed by atoms with Crippen LogP contribution in [0.1, 0.15) is 48.8 Å². The van der Waals surface area contributed by atoms with E-state index >= 15 is 0 Å². The average molecular weight is 370 g/mol. The van der Waals surface area contributed by atoms with Gasteiger partial charge in [0.1, 0.15) is 0 Å². The molecule has 1 fully saturated rings. The first kappa shape index (κ1) is 18.5. The predicted molar refractivity (Wildman–Crippen MR) is 108 cm³/mol. The Kier molecular flexibility index (Phi) is 5.24. The van der Waals surface area contributed by atoms with Crippen LogP contribution < -0.4 is 5.32 Å². The molecule has 0 bridgehead atoms. The number of hydrogen-bond donors (Lipinski definition) is 2. The van der Waals surface area contributed by atoms with Gasteiger partial charge >= 0.3 is 0 Å². The number of carbonyl (C=O) groups excluding carboxylic acids is 1. The van der Waals surface area contributed by atoms with Gasteiger partial charge in [0.2, 0.25) is 0 Å². The van der Waals surface area contributed by atoms with E-state index in [2.05, 4.69) is 48.1 Å². The topological polar surface area (TPSA) is 57.4 Å². The molecular weight excluding hydrogens is 338 g/mol. The summed E-state index contributed by atoms with van der Waals surface area (Å²) < 4.78 is 5.77. The SMILES string of the molecule is C[C@@H]1CCc2[nH]c3ccc(C(=O)NCCN4C[C@H](C)O[C@@H](C)C4)cc3c2C1. The summed E-state index contributed by atoms with van der Waals surface area (Å²) >= 11 is 0. The summed E-state index contributed by atoms with van der Waals surface area (Å²) in [6.45, 7) is 9.91. The number of carbonyl (C=O) groups is 1. The molecule has 0 spiro atoms. The summed E-state index contributed by atoms with van der Waals surface area (Å²) in [7, 11) is 0. The van der Waals surface area contributed by atoms with Crippen molar-refractivity contribution in [1.82, 2.24) is 15.2 Å². The fourth-order valence-corrected chi connectivity index (χ4v) is 4.63. The van der Waals surface area contributed by atoms with Gasteiger partial charge in [-0.05, 0) is 62.8 Å². The van der Waals surface area contributed by atoms with Crippen molar-refractivity contribution >= 4 is 16.8 Å². The number of rotatable bonds is 4. The van der Waals surface area contributed by atoms with Crippen LogP contribution in [-0.2, 0) is 17.6 Å². The Bertz CT molecular complexity index is 818. The molecule has 5 heteroatoms. The van der Waals surface area contributed by atoms with E-state index in [-0.39, 0.29) is 18.1 Å². The summed E-state index contributed by atoms with van der Waals surface area (Å²) in [5.41, 5.74) is 4.68. The minimum absolute atomic E-state index is 0.0186. The number of aromatic amines is 1. The normalized spacial score (nSPS) is 26.1. The second-order valence-electron chi connectivity index (χ2n) is 8.46. The van der Waals surface area contributed by atoms with Crippen LogP contribution in [0, 0.1) is 5.92 Å². The van der Waals surface area contributed by atoms with E-state index in [4.69, 9.17) is 4.74 Å². The highest BCUT2D eigenvalue weighted by atomic mass is 16.5. The maximum atomic E-state index is 12.6. The predicted octanol–water partition coefficient (Wildman–Crippen LogP) is 3.13. The van der Waals surface area contributed by atoms with Crippen molar-refractivity contribution < 1.29 is 9.53 Å². The number of nitrogens with one attached hydrogen (secondary N) is 2. The molecule has 5 nitrogen and oxygen atoms in total. The number of aryl methyl sites for hydroxylation is 1. The van der Waals surface area contributed by atoms with Gasteiger partial charge < -0.3 is 15.0 Å². The lowest BCUT2D eigenvalue weighted by Crippen LogP contribution is -2.47. The van der Waals surface area contributed by atoms with E-state index in [0.717, 1.165) is 43.6 Å². The smallest absolute Gasteiger partial charge is 0.251 e. The lowest BCUT2D eigenvalue weighted by molar-refractivity contribution is -0.0672. The monoisotopic (exact) mass is 369 g/mol. The number of fused-ring (bicyclic) bond motifs is 3. The summed E-state index contributed by atoms with van der Waals surface area (Å²) in [5.74, 6) is 0.734. The zero-order valence-corrected chi connectivity index (χ0v) is 16.7. The highest BCUT2D eigenvalue weighted by Gasteiger charge is 2.22. The van der Waals surface area contributed by atoms with Gasteiger partial charge in [0, 0.05) is 48.3 Å². The van der Waals surface area contributed by atoms with E-state index in [1.54, 1.807) is 0 Å². The fourth-order valence-electron chi connectivity index (χ4n) is 4.63. The van der Waals surface area contributed by atoms with E-state index in [0.29, 0.717) is 12.5 Å². The van der Waals surface area contributed by atoms with Crippen molar-refractivity contribution in [3.8, 4) is 0 Å². The molecule has 0 saturated carbocycles. The van der Waals surface area contributed by atoms with Gasteiger partial charge in [-0.25, -0.2) is 0 Å². The molecule has 2 heterocycles. The number of hydrogen-bond acceptors (Lipinski definition) is 3. The molecular formula is C22H31N3O2. The molecule has 0 radical (unpaired) electrons. The van der Waals surface area contributed by atoms with E-state index in [9.17, 15) is 4.79 Å². The number of H-pyrrole nitrogens is 1. The Morgan fingerprint density at radius 1 is 1.26 bits per heavy atom. The summed E-state index contributed by atoms with van der Waals surface area (Å²) in [6, 6.07) is 6.05. The van der Waals surface area contributed by atoms with Crippen molar-refractivity contribution in [2.24, 2.45) is 5.92 Å².